The fraction of sp³-hybridized carbons (Fsp3) is 0.333. The number of aromatic nitrogens is 1. The fourth-order valence-corrected chi connectivity index (χ4v) is 2.25. The van der Waals surface area contributed by atoms with Gasteiger partial charge in [0.1, 0.15) is 11.5 Å². The first-order chi connectivity index (χ1) is 10.2. The van der Waals surface area contributed by atoms with Crippen molar-refractivity contribution in [2.75, 3.05) is 13.2 Å². The number of halogens is 1. The first kappa shape index (κ1) is 13.8. The zero-order chi connectivity index (χ0) is 14.7. The number of carbonyl (C=O) groups excluding carboxylic acids is 1. The highest BCUT2D eigenvalue weighted by Gasteiger charge is 2.20. The molecular weight excluding hydrogens is 275 g/mol. The van der Waals surface area contributed by atoms with E-state index < -0.39 is 0 Å². The Morgan fingerprint density at radius 1 is 1.33 bits per heavy atom. The highest BCUT2D eigenvalue weighted by atomic mass is 19.1. The zero-order valence-electron chi connectivity index (χ0n) is 11.3. The van der Waals surface area contributed by atoms with E-state index >= 15 is 0 Å². The Kier molecular flexibility index (Phi) is 3.96. The van der Waals surface area contributed by atoms with Crippen molar-refractivity contribution in [2.45, 2.75) is 18.9 Å². The molecule has 1 saturated heterocycles. The summed E-state index contributed by atoms with van der Waals surface area (Å²) in [6.07, 6.45) is 1.83. The van der Waals surface area contributed by atoms with E-state index in [0.29, 0.717) is 17.9 Å². The summed E-state index contributed by atoms with van der Waals surface area (Å²) in [4.78, 5) is 12.1. The summed E-state index contributed by atoms with van der Waals surface area (Å²) in [5.41, 5.74) is 1.19. The van der Waals surface area contributed by atoms with Crippen molar-refractivity contribution in [3.8, 4) is 11.3 Å². The van der Waals surface area contributed by atoms with E-state index in [1.807, 2.05) is 0 Å². The molecule has 2 aromatic rings. The van der Waals surface area contributed by atoms with Gasteiger partial charge in [0, 0.05) is 18.2 Å². The van der Waals surface area contributed by atoms with Gasteiger partial charge in [0.25, 0.3) is 5.91 Å². The number of benzene rings is 1. The van der Waals surface area contributed by atoms with Gasteiger partial charge in [-0.25, -0.2) is 4.39 Å². The highest BCUT2D eigenvalue weighted by molar-refractivity contribution is 5.92. The number of carbonyl (C=O) groups is 1. The van der Waals surface area contributed by atoms with Crippen molar-refractivity contribution in [1.82, 2.24) is 10.5 Å². The number of rotatable bonds is 3. The van der Waals surface area contributed by atoms with Crippen LogP contribution in [0.3, 0.4) is 0 Å². The van der Waals surface area contributed by atoms with E-state index in [0.717, 1.165) is 19.4 Å². The molecule has 1 aliphatic heterocycles. The van der Waals surface area contributed by atoms with Crippen molar-refractivity contribution in [3.05, 3.63) is 41.9 Å². The molecule has 21 heavy (non-hydrogen) atoms. The van der Waals surface area contributed by atoms with E-state index in [2.05, 4.69) is 10.5 Å². The van der Waals surface area contributed by atoms with E-state index in [1.54, 1.807) is 18.2 Å². The average molecular weight is 290 g/mol. The van der Waals surface area contributed by atoms with Gasteiger partial charge >= 0.3 is 0 Å². The molecule has 2 heterocycles. The lowest BCUT2D eigenvalue weighted by Gasteiger charge is -2.22. The molecule has 3 rings (SSSR count). The topological polar surface area (TPSA) is 64.4 Å². The third-order valence-electron chi connectivity index (χ3n) is 3.37. The van der Waals surface area contributed by atoms with Crippen LogP contribution in [-0.2, 0) is 4.74 Å². The molecule has 1 amide bonds. The number of hydrogen-bond acceptors (Lipinski definition) is 4. The summed E-state index contributed by atoms with van der Waals surface area (Å²) >= 11 is 0. The summed E-state index contributed by atoms with van der Waals surface area (Å²) < 4.78 is 23.2. The minimum atomic E-state index is -0.322. The molecule has 1 N–H and O–H groups in total. The van der Waals surface area contributed by atoms with Crippen molar-refractivity contribution >= 4 is 5.91 Å². The van der Waals surface area contributed by atoms with E-state index in [9.17, 15) is 9.18 Å². The van der Waals surface area contributed by atoms with Crippen molar-refractivity contribution in [1.29, 1.82) is 0 Å². The Balaban J connectivity index is 1.69. The van der Waals surface area contributed by atoms with Gasteiger partial charge in [-0.3, -0.25) is 4.79 Å². The van der Waals surface area contributed by atoms with Crippen LogP contribution >= 0.6 is 0 Å². The number of ether oxygens (including phenoxy) is 1. The second kappa shape index (κ2) is 6.05. The van der Waals surface area contributed by atoms with Crippen LogP contribution < -0.4 is 5.32 Å². The molecule has 1 fully saturated rings. The summed E-state index contributed by atoms with van der Waals surface area (Å²) in [7, 11) is 0. The number of hydrogen-bond donors (Lipinski definition) is 1. The number of amides is 1. The molecule has 6 heteroatoms. The lowest BCUT2D eigenvalue weighted by molar-refractivity contribution is 0.0608. The number of nitrogens with one attached hydrogen (secondary N) is 1. The molecule has 1 aliphatic rings. The predicted molar refractivity (Wildman–Crippen MR) is 73.2 cm³/mol. The van der Waals surface area contributed by atoms with Crippen LogP contribution in [0.25, 0.3) is 11.3 Å². The second-order valence-corrected chi connectivity index (χ2v) is 4.97. The normalized spacial score (nSPS) is 18.4. The maximum Gasteiger partial charge on any atom is 0.290 e. The van der Waals surface area contributed by atoms with E-state index in [-0.39, 0.29) is 23.5 Å². The molecule has 110 valence electrons. The fourth-order valence-electron chi connectivity index (χ4n) is 2.25. The maximum absolute atomic E-state index is 12.9. The lowest BCUT2D eigenvalue weighted by atomic mass is 10.1. The monoisotopic (exact) mass is 290 g/mol. The van der Waals surface area contributed by atoms with E-state index in [1.165, 1.54) is 12.1 Å². The van der Waals surface area contributed by atoms with Crippen LogP contribution in [0.15, 0.2) is 34.9 Å². The molecule has 1 aromatic carbocycles. The minimum Gasteiger partial charge on any atom is -0.379 e. The van der Waals surface area contributed by atoms with Crippen molar-refractivity contribution in [2.24, 2.45) is 0 Å². The third-order valence-corrected chi connectivity index (χ3v) is 3.37. The molecular formula is C15H15FN2O3. The maximum atomic E-state index is 12.9. The first-order valence-electron chi connectivity index (χ1n) is 6.83. The SMILES string of the molecule is O=C(N[C@H]1CCCOC1)c1cc(-c2ccc(F)cc2)no1. The van der Waals surface area contributed by atoms with Gasteiger partial charge in [0.15, 0.2) is 0 Å². The molecule has 1 aromatic heterocycles. The van der Waals surface area contributed by atoms with Crippen molar-refractivity contribution in [3.63, 3.8) is 0 Å². The minimum absolute atomic E-state index is 0.00520. The summed E-state index contributed by atoms with van der Waals surface area (Å²) in [5, 5.41) is 6.69. The van der Waals surface area contributed by atoms with Gasteiger partial charge in [-0.05, 0) is 37.1 Å². The first-order valence-corrected chi connectivity index (χ1v) is 6.83. The molecule has 0 saturated carbocycles. The Bertz CT molecular complexity index is 618. The van der Waals surface area contributed by atoms with Crippen LogP contribution in [-0.4, -0.2) is 30.3 Å². The number of nitrogens with zero attached hydrogens (tertiary/aromatic N) is 1. The van der Waals surface area contributed by atoms with Crippen molar-refractivity contribution < 1.29 is 18.4 Å². The van der Waals surface area contributed by atoms with Crippen LogP contribution in [0.4, 0.5) is 4.39 Å². The Morgan fingerprint density at radius 3 is 2.86 bits per heavy atom. The average Bonchev–Trinajstić information content (AvgIpc) is 2.99. The molecule has 0 aliphatic carbocycles. The molecule has 5 nitrogen and oxygen atoms in total. The molecule has 0 spiro atoms. The Labute approximate surface area is 121 Å². The predicted octanol–water partition coefficient (Wildman–Crippen LogP) is 2.39. The van der Waals surface area contributed by atoms with Gasteiger partial charge in [0.05, 0.1) is 12.6 Å². The van der Waals surface area contributed by atoms with E-state index in [4.69, 9.17) is 9.26 Å². The molecule has 0 unspecified atom stereocenters. The van der Waals surface area contributed by atoms with Gasteiger partial charge in [0.2, 0.25) is 5.76 Å². The van der Waals surface area contributed by atoms with Gasteiger partial charge in [-0.2, -0.15) is 0 Å². The quantitative estimate of drug-likeness (QED) is 0.942. The Morgan fingerprint density at radius 2 is 2.14 bits per heavy atom. The lowest BCUT2D eigenvalue weighted by Crippen LogP contribution is -2.40. The van der Waals surface area contributed by atoms with Gasteiger partial charge in [-0.15, -0.1) is 0 Å². The van der Waals surface area contributed by atoms with Crippen LogP contribution in [0, 0.1) is 5.82 Å². The van der Waals surface area contributed by atoms with Crippen LogP contribution in [0.5, 0.6) is 0 Å². The molecule has 0 radical (unpaired) electrons. The largest absolute Gasteiger partial charge is 0.379 e. The summed E-state index contributed by atoms with van der Waals surface area (Å²) in [6, 6.07) is 7.40. The second-order valence-electron chi connectivity index (χ2n) is 4.97. The smallest absolute Gasteiger partial charge is 0.290 e. The third kappa shape index (κ3) is 3.28. The zero-order valence-corrected chi connectivity index (χ0v) is 11.3. The van der Waals surface area contributed by atoms with Crippen LogP contribution in [0.1, 0.15) is 23.4 Å². The summed E-state index contributed by atoms with van der Waals surface area (Å²) in [5.74, 6) is -0.497. The van der Waals surface area contributed by atoms with Crippen LogP contribution in [0.2, 0.25) is 0 Å². The molecule has 1 atom stereocenters. The van der Waals surface area contributed by atoms with Gasteiger partial charge in [-0.1, -0.05) is 5.16 Å². The standard InChI is InChI=1S/C15H15FN2O3/c16-11-5-3-10(4-6-11)13-8-14(21-18-13)15(19)17-12-2-1-7-20-9-12/h3-6,8,12H,1-2,7,9H2,(H,17,19)/t12-/m0/s1. The Hall–Kier alpha value is -2.21. The highest BCUT2D eigenvalue weighted by Crippen LogP contribution is 2.19. The summed E-state index contributed by atoms with van der Waals surface area (Å²) in [6.45, 7) is 1.26. The molecule has 0 bridgehead atoms. The van der Waals surface area contributed by atoms with Gasteiger partial charge < -0.3 is 14.6 Å².